The average molecular weight is 1070 g/mol. The molecule has 0 unspecified atom stereocenters. The molecule has 0 radical (unpaired) electrons. The van der Waals surface area contributed by atoms with Gasteiger partial charge in [-0.25, -0.2) is 9.97 Å². The Balaban J connectivity index is 0.797. The molecule has 390 valence electrons. The first kappa shape index (κ1) is 53.1. The van der Waals surface area contributed by atoms with Gasteiger partial charge in [-0.2, -0.15) is 0 Å². The Kier molecular flexibility index (Phi) is 15.4. The van der Waals surface area contributed by atoms with E-state index in [-0.39, 0.29) is 49.2 Å². The Bertz CT molecular complexity index is 3280. The summed E-state index contributed by atoms with van der Waals surface area (Å²) in [5, 5.41) is 31.1. The number of hydrogen-bond donors (Lipinski definition) is 4. The van der Waals surface area contributed by atoms with Crippen molar-refractivity contribution in [3.8, 4) is 26.7 Å². The molecule has 4 aromatic heterocycles. The number of carbonyl (C=O) groups excluding carboxylic acids is 3. The molecule has 6 heterocycles. The van der Waals surface area contributed by atoms with Crippen LogP contribution in [0.1, 0.15) is 116 Å². The SMILES string of the molecule is C=C(N[C@@H](C)c1ccc(-c2scnc2C)cc1)[C@@H]1C[C@@H](O)CN1C(=O)[C@@H](NC(=O)Cc1ccc(-c2cn([C@H](C)CNC(=O)C[C@@H]3N=C(c4ccc(Cl)cc4)c4c(sc(C)c4C)-n4c(C)nnc43)cn2)cc1)C(C)(C)C. The number of nitrogens with one attached hydrogen (secondary N) is 3. The first-order chi connectivity index (χ1) is 35.7. The highest BCUT2D eigenvalue weighted by atomic mass is 35.5. The number of aliphatic imine (C=N–C) groups is 1. The third-order valence-corrected chi connectivity index (χ3v) is 16.7. The number of aliphatic hydroxyl groups excluding tert-OH is 1. The second kappa shape index (κ2) is 21.8. The fourth-order valence-corrected chi connectivity index (χ4v) is 12.0. The van der Waals surface area contributed by atoms with Crippen LogP contribution in [0.25, 0.3) is 26.7 Å². The van der Waals surface area contributed by atoms with E-state index in [1.54, 1.807) is 33.9 Å². The smallest absolute Gasteiger partial charge is 0.246 e. The van der Waals surface area contributed by atoms with Crippen molar-refractivity contribution in [2.45, 2.75) is 118 Å². The Labute approximate surface area is 451 Å². The number of β-amino-alcohol motifs (C(OH)–C–C–N with tert-alkyl or cyclic N) is 1. The van der Waals surface area contributed by atoms with E-state index in [9.17, 15) is 19.5 Å². The van der Waals surface area contributed by atoms with Crippen molar-refractivity contribution in [3.05, 3.63) is 158 Å². The predicted octanol–water partition coefficient (Wildman–Crippen LogP) is 9.76. The van der Waals surface area contributed by atoms with Gasteiger partial charge in [-0.3, -0.25) is 23.9 Å². The van der Waals surface area contributed by atoms with Crippen LogP contribution in [0, 0.1) is 33.1 Å². The first-order valence-corrected chi connectivity index (χ1v) is 27.3. The lowest BCUT2D eigenvalue weighted by Crippen LogP contribution is -2.56. The normalized spacial score (nSPS) is 17.6. The van der Waals surface area contributed by atoms with Crippen molar-refractivity contribution in [2.24, 2.45) is 10.4 Å². The summed E-state index contributed by atoms with van der Waals surface area (Å²) in [6.45, 7) is 22.8. The number of amides is 3. The fraction of sp³-hybridized carbons (Fsp3) is 0.368. The number of rotatable bonds is 16. The van der Waals surface area contributed by atoms with Gasteiger partial charge in [0.05, 0.1) is 58.8 Å². The number of carbonyl (C=O) groups is 3. The van der Waals surface area contributed by atoms with Crippen LogP contribution in [0.15, 0.2) is 108 Å². The number of fused-ring (bicyclic) bond motifs is 3. The van der Waals surface area contributed by atoms with Crippen LogP contribution in [0.2, 0.25) is 5.02 Å². The highest BCUT2D eigenvalue weighted by Crippen LogP contribution is 2.40. The number of halogens is 1. The van der Waals surface area contributed by atoms with Crippen molar-refractivity contribution in [2.75, 3.05) is 13.1 Å². The molecule has 0 spiro atoms. The van der Waals surface area contributed by atoms with Crippen molar-refractivity contribution in [1.29, 1.82) is 0 Å². The van der Waals surface area contributed by atoms with Gasteiger partial charge in [0.2, 0.25) is 17.7 Å². The second-order valence-electron chi connectivity index (χ2n) is 20.9. The Hall–Kier alpha value is -6.79. The van der Waals surface area contributed by atoms with Crippen LogP contribution >= 0.6 is 34.3 Å². The zero-order valence-electron chi connectivity index (χ0n) is 43.8. The molecule has 1 fully saturated rings. The summed E-state index contributed by atoms with van der Waals surface area (Å²) in [5.74, 6) is 0.622. The zero-order chi connectivity index (χ0) is 53.5. The van der Waals surface area contributed by atoms with E-state index in [1.807, 2.05) is 118 Å². The number of benzene rings is 3. The summed E-state index contributed by atoms with van der Waals surface area (Å²) in [4.78, 5) is 60.2. The topological polar surface area (TPSA) is 185 Å². The molecule has 6 atom stereocenters. The van der Waals surface area contributed by atoms with Gasteiger partial charge in [-0.15, -0.1) is 32.9 Å². The molecular weight excluding hydrogens is 1000 g/mol. The molecule has 2 aliphatic heterocycles. The summed E-state index contributed by atoms with van der Waals surface area (Å²) in [7, 11) is 0. The number of aromatic nitrogens is 6. The molecule has 75 heavy (non-hydrogen) atoms. The molecule has 0 bridgehead atoms. The molecule has 3 aromatic carbocycles. The summed E-state index contributed by atoms with van der Waals surface area (Å²) in [6.07, 6.45) is 3.43. The van der Waals surface area contributed by atoms with E-state index in [0.717, 1.165) is 71.7 Å². The fourth-order valence-electron chi connectivity index (χ4n) is 9.83. The number of aryl methyl sites for hydroxylation is 3. The second-order valence-corrected chi connectivity index (χ2v) is 23.4. The number of aliphatic hydroxyl groups is 1. The van der Waals surface area contributed by atoms with Crippen molar-refractivity contribution in [3.63, 3.8) is 0 Å². The highest BCUT2D eigenvalue weighted by molar-refractivity contribution is 7.15. The van der Waals surface area contributed by atoms with Crippen LogP contribution in [-0.2, 0) is 20.8 Å². The molecule has 9 rings (SSSR count). The van der Waals surface area contributed by atoms with Gasteiger partial charge in [-0.05, 0) is 81.3 Å². The largest absolute Gasteiger partial charge is 0.391 e. The Morgan fingerprint density at radius 2 is 1.59 bits per heavy atom. The van der Waals surface area contributed by atoms with E-state index < -0.39 is 29.6 Å². The maximum atomic E-state index is 14.4. The van der Waals surface area contributed by atoms with Gasteiger partial charge in [0.1, 0.15) is 22.9 Å². The van der Waals surface area contributed by atoms with Crippen LogP contribution in [-0.4, -0.2) is 94.0 Å². The minimum atomic E-state index is -0.853. The van der Waals surface area contributed by atoms with E-state index in [1.165, 1.54) is 4.88 Å². The number of likely N-dealkylation sites (tertiary alicyclic amines) is 1. The summed E-state index contributed by atoms with van der Waals surface area (Å²) < 4.78 is 4.00. The molecule has 2 aliphatic rings. The van der Waals surface area contributed by atoms with Gasteiger partial charge in [-0.1, -0.05) is 99.6 Å². The van der Waals surface area contributed by atoms with Gasteiger partial charge >= 0.3 is 0 Å². The van der Waals surface area contributed by atoms with Crippen molar-refractivity contribution >= 4 is 57.7 Å². The van der Waals surface area contributed by atoms with E-state index in [0.29, 0.717) is 29.5 Å². The van der Waals surface area contributed by atoms with Crippen molar-refractivity contribution in [1.82, 2.24) is 50.1 Å². The van der Waals surface area contributed by atoms with Gasteiger partial charge in [0.15, 0.2) is 5.82 Å². The number of hydrogen-bond acceptors (Lipinski definition) is 12. The molecule has 0 saturated carbocycles. The minimum absolute atomic E-state index is 0.0608. The molecule has 4 N–H and O–H groups in total. The van der Waals surface area contributed by atoms with Gasteiger partial charge < -0.3 is 30.5 Å². The van der Waals surface area contributed by atoms with Crippen molar-refractivity contribution < 1.29 is 19.5 Å². The summed E-state index contributed by atoms with van der Waals surface area (Å²) >= 11 is 9.57. The molecule has 1 saturated heterocycles. The molecule has 7 aromatic rings. The number of thiazole rings is 1. The molecular formula is C57H64ClN11O4S2. The van der Waals surface area contributed by atoms with Gasteiger partial charge in [0.25, 0.3) is 0 Å². The lowest BCUT2D eigenvalue weighted by Gasteiger charge is -2.36. The summed E-state index contributed by atoms with van der Waals surface area (Å²) in [5.41, 5.74) is 11.2. The van der Waals surface area contributed by atoms with Crippen LogP contribution in [0.3, 0.4) is 0 Å². The standard InChI is InChI=1S/C57H64ClN11O4S2/c1-31(26-59-48(71)25-45-54-66-65-37(7)69(54)56-50(32(2)36(6)75-56)51(63-45)41-19-21-43(58)22-20-41)67-28-46(60-29-67)40-13-11-38(12-14-40)23-49(72)64-53(57(8,9)10)55(73)68-27-44(70)24-47(68)34(4)62-33(3)39-15-17-42(18-16-39)52-35(5)61-30-74-52/h11-22,28-31,33,44-45,47,53,62,70H,4,23-27H2,1-3,5-10H3,(H,59,71)(H,64,72)/t31-,33+,44-,45+,47+,53-/m1/s1. The average Bonchev–Trinajstić information content (AvgIpc) is 4.24. The molecule has 18 heteroatoms. The minimum Gasteiger partial charge on any atom is -0.391 e. The molecule has 0 aliphatic carbocycles. The van der Waals surface area contributed by atoms with Crippen LogP contribution in [0.4, 0.5) is 0 Å². The van der Waals surface area contributed by atoms with E-state index in [2.05, 4.69) is 80.8 Å². The van der Waals surface area contributed by atoms with Gasteiger partial charge in [0, 0.05) is 70.1 Å². The number of imidazole rings is 1. The lowest BCUT2D eigenvalue weighted by atomic mass is 9.85. The molecule has 15 nitrogen and oxygen atoms in total. The quantitative estimate of drug-likeness (QED) is 0.0732. The number of nitrogens with zero attached hydrogens (tertiary/aromatic N) is 8. The maximum Gasteiger partial charge on any atom is 0.246 e. The van der Waals surface area contributed by atoms with Crippen LogP contribution in [0.5, 0.6) is 0 Å². The maximum absolute atomic E-state index is 14.4. The third kappa shape index (κ3) is 11.4. The zero-order valence-corrected chi connectivity index (χ0v) is 46.2. The number of thiophene rings is 1. The van der Waals surface area contributed by atoms with E-state index >= 15 is 0 Å². The Morgan fingerprint density at radius 1 is 0.893 bits per heavy atom. The lowest BCUT2D eigenvalue weighted by molar-refractivity contribution is -0.140. The monoisotopic (exact) mass is 1070 g/mol. The summed E-state index contributed by atoms with van der Waals surface area (Å²) in [6, 6.07) is 21.5. The predicted molar refractivity (Wildman–Crippen MR) is 297 cm³/mol. The first-order valence-electron chi connectivity index (χ1n) is 25.2. The molecule has 3 amide bonds. The van der Waals surface area contributed by atoms with E-state index in [4.69, 9.17) is 16.6 Å². The van der Waals surface area contributed by atoms with Crippen LogP contribution < -0.4 is 16.0 Å². The Morgan fingerprint density at radius 3 is 2.27 bits per heavy atom. The third-order valence-electron chi connectivity index (χ3n) is 14.3. The highest BCUT2D eigenvalue weighted by Gasteiger charge is 2.43.